The molecule has 0 amide bonds. The summed E-state index contributed by atoms with van der Waals surface area (Å²) in [7, 11) is 1.97. The number of anilines is 2. The van der Waals surface area contributed by atoms with Gasteiger partial charge in [-0.3, -0.25) is 0 Å². The lowest BCUT2D eigenvalue weighted by Gasteiger charge is -2.05. The monoisotopic (exact) mass is 306 g/mol. The summed E-state index contributed by atoms with van der Waals surface area (Å²) in [5.41, 5.74) is 7.72. The molecule has 0 fully saturated rings. The number of rotatable bonds is 4. The summed E-state index contributed by atoms with van der Waals surface area (Å²) in [6.07, 6.45) is 3.70. The van der Waals surface area contributed by atoms with Crippen molar-refractivity contribution in [1.82, 2.24) is 18.9 Å². The van der Waals surface area contributed by atoms with E-state index in [1.807, 2.05) is 30.1 Å². The van der Waals surface area contributed by atoms with Crippen LogP contribution in [0.2, 0.25) is 0 Å². The lowest BCUT2D eigenvalue weighted by molar-refractivity contribution is 0.814. The fraction of sp³-hybridized carbons (Fsp3) is 0.250. The highest BCUT2D eigenvalue weighted by Gasteiger charge is 2.16. The van der Waals surface area contributed by atoms with Crippen LogP contribution in [-0.2, 0) is 13.6 Å². The first-order valence-electron chi connectivity index (χ1n) is 6.03. The zero-order valence-electron chi connectivity index (χ0n) is 11.1. The van der Waals surface area contributed by atoms with Crippen molar-refractivity contribution >= 4 is 33.7 Å². The van der Waals surface area contributed by atoms with Gasteiger partial charge in [-0.05, 0) is 18.5 Å². The van der Waals surface area contributed by atoms with Crippen LogP contribution in [0.5, 0.6) is 0 Å². The summed E-state index contributed by atoms with van der Waals surface area (Å²) in [6.45, 7) is 2.60. The lowest BCUT2D eigenvalue weighted by Crippen LogP contribution is -2.05. The van der Waals surface area contributed by atoms with E-state index in [0.717, 1.165) is 27.1 Å². The van der Waals surface area contributed by atoms with E-state index < -0.39 is 0 Å². The first-order valence-corrected chi connectivity index (χ1v) is 7.68. The minimum absolute atomic E-state index is 0.516. The minimum atomic E-state index is 0.516. The van der Waals surface area contributed by atoms with Crippen molar-refractivity contribution in [1.29, 1.82) is 0 Å². The molecule has 0 unspecified atom stereocenters. The van der Waals surface area contributed by atoms with E-state index in [0.29, 0.717) is 12.4 Å². The molecule has 0 saturated carbocycles. The van der Waals surface area contributed by atoms with Crippen molar-refractivity contribution in [3.8, 4) is 11.3 Å². The van der Waals surface area contributed by atoms with E-state index in [4.69, 9.17) is 5.73 Å². The van der Waals surface area contributed by atoms with Gasteiger partial charge in [0.1, 0.15) is 16.6 Å². The first kappa shape index (κ1) is 13.1. The van der Waals surface area contributed by atoms with Crippen LogP contribution in [-0.4, -0.2) is 18.9 Å². The molecule has 3 N–H and O–H groups in total. The molecule has 0 aliphatic heterocycles. The van der Waals surface area contributed by atoms with Crippen LogP contribution in [0.3, 0.4) is 0 Å². The van der Waals surface area contributed by atoms with Crippen molar-refractivity contribution < 1.29 is 0 Å². The Labute approximate surface area is 124 Å². The van der Waals surface area contributed by atoms with Crippen molar-refractivity contribution in [2.24, 2.45) is 7.05 Å². The van der Waals surface area contributed by atoms with Gasteiger partial charge in [-0.2, -0.15) is 4.37 Å². The Balaban J connectivity index is 1.86. The second-order valence-corrected chi connectivity index (χ2v) is 6.17. The zero-order chi connectivity index (χ0) is 14.1. The summed E-state index contributed by atoms with van der Waals surface area (Å²) >= 11 is 2.95. The van der Waals surface area contributed by atoms with Crippen LogP contribution < -0.4 is 11.1 Å². The predicted molar refractivity (Wildman–Crippen MR) is 82.9 cm³/mol. The maximum atomic E-state index is 5.96. The number of aryl methyl sites for hydroxylation is 2. The van der Waals surface area contributed by atoms with E-state index >= 15 is 0 Å². The molecule has 6 nitrogen and oxygen atoms in total. The topological polar surface area (TPSA) is 81.7 Å². The molecule has 3 aromatic rings. The van der Waals surface area contributed by atoms with Gasteiger partial charge in [-0.25, -0.2) is 9.97 Å². The van der Waals surface area contributed by atoms with Gasteiger partial charge in [0.05, 0.1) is 22.8 Å². The lowest BCUT2D eigenvalue weighted by atomic mass is 10.2. The standard InChI is InChI=1S/C12H14N6S2/c1-7-16-8(6-19-7)10-11(13)17-20-12(10)15-5-9-14-3-4-18(9)2/h3-4,6,15H,5H2,1-2H3,(H2,13,17). The molecule has 0 radical (unpaired) electrons. The molecule has 20 heavy (non-hydrogen) atoms. The number of aromatic nitrogens is 4. The molecular formula is C12H14N6S2. The summed E-state index contributed by atoms with van der Waals surface area (Å²) in [5, 5.41) is 7.28. The highest BCUT2D eigenvalue weighted by molar-refractivity contribution is 7.11. The molecule has 0 aromatic carbocycles. The summed E-state index contributed by atoms with van der Waals surface area (Å²) in [5.74, 6) is 1.47. The van der Waals surface area contributed by atoms with Crippen LogP contribution in [0.1, 0.15) is 10.8 Å². The molecule has 3 rings (SSSR count). The molecule has 104 valence electrons. The fourth-order valence-corrected chi connectivity index (χ4v) is 3.20. The number of hydrogen-bond acceptors (Lipinski definition) is 7. The average molecular weight is 306 g/mol. The Morgan fingerprint density at radius 3 is 2.95 bits per heavy atom. The van der Waals surface area contributed by atoms with E-state index in [1.165, 1.54) is 11.5 Å². The van der Waals surface area contributed by atoms with Gasteiger partial charge in [0.15, 0.2) is 0 Å². The second-order valence-electron chi connectivity index (χ2n) is 4.33. The number of imidazole rings is 1. The Hall–Kier alpha value is -1.93. The van der Waals surface area contributed by atoms with E-state index in [2.05, 4.69) is 19.7 Å². The van der Waals surface area contributed by atoms with Gasteiger partial charge in [0, 0.05) is 24.8 Å². The van der Waals surface area contributed by atoms with Gasteiger partial charge in [0.25, 0.3) is 0 Å². The molecule has 0 bridgehead atoms. The molecule has 0 atom stereocenters. The number of nitrogens with two attached hydrogens (primary N) is 1. The van der Waals surface area contributed by atoms with E-state index in [1.54, 1.807) is 17.5 Å². The molecule has 0 aliphatic carbocycles. The molecular weight excluding hydrogens is 292 g/mol. The number of hydrogen-bond donors (Lipinski definition) is 2. The Bertz CT molecular complexity index is 726. The Morgan fingerprint density at radius 2 is 2.30 bits per heavy atom. The zero-order valence-corrected chi connectivity index (χ0v) is 12.8. The molecule has 0 saturated heterocycles. The smallest absolute Gasteiger partial charge is 0.148 e. The van der Waals surface area contributed by atoms with Crippen molar-refractivity contribution in [2.45, 2.75) is 13.5 Å². The third-order valence-corrected chi connectivity index (χ3v) is 4.51. The summed E-state index contributed by atoms with van der Waals surface area (Å²) in [6, 6.07) is 0. The van der Waals surface area contributed by atoms with Crippen LogP contribution in [0.4, 0.5) is 10.8 Å². The normalized spacial score (nSPS) is 10.9. The molecule has 0 aliphatic rings. The Morgan fingerprint density at radius 1 is 1.45 bits per heavy atom. The third-order valence-electron chi connectivity index (χ3n) is 2.92. The SMILES string of the molecule is Cc1nc(-c2c(N)nsc2NCc2nccn2C)cs1. The van der Waals surface area contributed by atoms with Crippen molar-refractivity contribution in [3.63, 3.8) is 0 Å². The molecule has 0 spiro atoms. The van der Waals surface area contributed by atoms with Crippen molar-refractivity contribution in [3.05, 3.63) is 28.6 Å². The van der Waals surface area contributed by atoms with Crippen LogP contribution in [0, 0.1) is 6.92 Å². The maximum absolute atomic E-state index is 5.96. The van der Waals surface area contributed by atoms with Crippen molar-refractivity contribution in [2.75, 3.05) is 11.1 Å². The quantitative estimate of drug-likeness (QED) is 0.774. The van der Waals surface area contributed by atoms with Crippen LogP contribution in [0.25, 0.3) is 11.3 Å². The minimum Gasteiger partial charge on any atom is -0.382 e. The van der Waals surface area contributed by atoms with Gasteiger partial charge in [-0.15, -0.1) is 11.3 Å². The van der Waals surface area contributed by atoms with E-state index in [9.17, 15) is 0 Å². The highest BCUT2D eigenvalue weighted by atomic mass is 32.1. The summed E-state index contributed by atoms with van der Waals surface area (Å²) < 4.78 is 6.20. The highest BCUT2D eigenvalue weighted by Crippen LogP contribution is 2.37. The second kappa shape index (κ2) is 5.22. The van der Waals surface area contributed by atoms with Gasteiger partial charge >= 0.3 is 0 Å². The average Bonchev–Trinajstić information content (AvgIpc) is 3.09. The van der Waals surface area contributed by atoms with Crippen LogP contribution >= 0.6 is 22.9 Å². The number of nitrogens with zero attached hydrogens (tertiary/aromatic N) is 4. The number of nitrogen functional groups attached to an aromatic ring is 1. The first-order chi connectivity index (χ1) is 9.65. The molecule has 8 heteroatoms. The van der Waals surface area contributed by atoms with Gasteiger partial charge in [0.2, 0.25) is 0 Å². The largest absolute Gasteiger partial charge is 0.382 e. The molecule has 3 aromatic heterocycles. The molecule has 3 heterocycles. The number of thiazole rings is 1. The Kier molecular flexibility index (Phi) is 3.41. The number of nitrogens with one attached hydrogen (secondary N) is 1. The summed E-state index contributed by atoms with van der Waals surface area (Å²) in [4.78, 5) is 8.77. The third kappa shape index (κ3) is 2.39. The van der Waals surface area contributed by atoms with E-state index in [-0.39, 0.29) is 0 Å². The van der Waals surface area contributed by atoms with Gasteiger partial charge in [-0.1, -0.05) is 0 Å². The van der Waals surface area contributed by atoms with Gasteiger partial charge < -0.3 is 15.6 Å². The predicted octanol–water partition coefficient (Wildman–Crippen LogP) is 2.50. The fourth-order valence-electron chi connectivity index (χ4n) is 1.88. The maximum Gasteiger partial charge on any atom is 0.148 e. The van der Waals surface area contributed by atoms with Crippen LogP contribution in [0.15, 0.2) is 17.8 Å².